The van der Waals surface area contributed by atoms with Gasteiger partial charge in [-0.2, -0.15) is 0 Å². The molecular weight excluding hydrogens is 609 g/mol. The number of halogens is 2. The Balaban J connectivity index is 1.26. The molecule has 43 heavy (non-hydrogen) atoms. The van der Waals surface area contributed by atoms with Crippen molar-refractivity contribution < 1.29 is 18.8 Å². The normalized spacial score (nSPS) is 19.4. The van der Waals surface area contributed by atoms with Crippen LogP contribution >= 0.6 is 34.7 Å². The maximum atomic E-state index is 13.9. The van der Waals surface area contributed by atoms with E-state index >= 15 is 0 Å². The van der Waals surface area contributed by atoms with E-state index in [1.54, 1.807) is 30.3 Å². The molecule has 2 aliphatic heterocycles. The first-order chi connectivity index (χ1) is 20.8. The number of benzene rings is 4. The molecule has 7 rings (SSSR count). The Morgan fingerprint density at radius 1 is 0.884 bits per heavy atom. The van der Waals surface area contributed by atoms with Gasteiger partial charge >= 0.3 is 4.87 Å². The number of carbonyl (C=O) groups excluding carboxylic acids is 3. The number of carbonyl (C=O) groups is 3. The Kier molecular flexibility index (Phi) is 6.92. The molecule has 1 aromatic heterocycles. The fourth-order valence-corrected chi connectivity index (χ4v) is 8.64. The highest BCUT2D eigenvalue weighted by molar-refractivity contribution is 8.00. The maximum absolute atomic E-state index is 13.9. The number of nitrogens with zero attached hydrogens (tertiary/aromatic N) is 2. The number of aromatic nitrogens is 1. The van der Waals surface area contributed by atoms with E-state index in [1.807, 2.05) is 36.4 Å². The van der Waals surface area contributed by atoms with Crippen molar-refractivity contribution in [3.05, 3.63) is 122 Å². The second kappa shape index (κ2) is 10.8. The smallest absolute Gasteiger partial charge is 0.308 e. The predicted molar refractivity (Wildman–Crippen MR) is 166 cm³/mol. The average molecular weight is 630 g/mol. The van der Waals surface area contributed by atoms with Gasteiger partial charge < -0.3 is 5.32 Å². The molecule has 1 N–H and O–H groups in total. The minimum atomic E-state index is -0.852. The molecule has 0 aliphatic carbocycles. The van der Waals surface area contributed by atoms with Crippen LogP contribution in [-0.2, 0) is 20.9 Å². The molecular formula is C32H21ClFN3O4S2. The van der Waals surface area contributed by atoms with Crippen LogP contribution in [0.2, 0.25) is 5.02 Å². The van der Waals surface area contributed by atoms with Crippen molar-refractivity contribution in [2.24, 2.45) is 5.92 Å². The number of hydrogen-bond acceptors (Lipinski definition) is 6. The monoisotopic (exact) mass is 629 g/mol. The van der Waals surface area contributed by atoms with E-state index in [0.717, 1.165) is 44.3 Å². The minimum Gasteiger partial charge on any atom is -0.325 e. The number of imide groups is 1. The van der Waals surface area contributed by atoms with Gasteiger partial charge in [-0.1, -0.05) is 77.2 Å². The third kappa shape index (κ3) is 4.85. The van der Waals surface area contributed by atoms with E-state index in [-0.39, 0.29) is 17.1 Å². The molecule has 3 atom stereocenters. The van der Waals surface area contributed by atoms with Gasteiger partial charge in [0.15, 0.2) is 0 Å². The van der Waals surface area contributed by atoms with Gasteiger partial charge in [-0.25, -0.2) is 9.29 Å². The second-order valence-corrected chi connectivity index (χ2v) is 12.9. The minimum absolute atomic E-state index is 0.265. The summed E-state index contributed by atoms with van der Waals surface area (Å²) in [6.07, 6.45) is 0. The molecule has 3 heterocycles. The Morgan fingerprint density at radius 3 is 2.35 bits per heavy atom. The Labute approximate surface area is 257 Å². The first-order valence-electron chi connectivity index (χ1n) is 13.4. The van der Waals surface area contributed by atoms with Gasteiger partial charge in [-0.15, -0.1) is 0 Å². The van der Waals surface area contributed by atoms with Crippen LogP contribution in [0, 0.1) is 11.7 Å². The molecule has 1 fully saturated rings. The lowest BCUT2D eigenvalue weighted by Crippen LogP contribution is -2.33. The van der Waals surface area contributed by atoms with Gasteiger partial charge in [-0.3, -0.25) is 23.7 Å². The summed E-state index contributed by atoms with van der Waals surface area (Å²) < 4.78 is 15.0. The van der Waals surface area contributed by atoms with E-state index in [0.29, 0.717) is 20.6 Å². The van der Waals surface area contributed by atoms with Gasteiger partial charge in [0.1, 0.15) is 17.6 Å². The summed E-state index contributed by atoms with van der Waals surface area (Å²) in [7, 11) is 0. The number of thiazole rings is 1. The lowest BCUT2D eigenvalue weighted by Gasteiger charge is -2.30. The van der Waals surface area contributed by atoms with Crippen molar-refractivity contribution in [2.45, 2.75) is 22.7 Å². The molecule has 11 heteroatoms. The fourth-order valence-electron chi connectivity index (χ4n) is 5.74. The second-order valence-electron chi connectivity index (χ2n) is 10.3. The Hall–Kier alpha value is -4.25. The van der Waals surface area contributed by atoms with Crippen molar-refractivity contribution in [1.29, 1.82) is 0 Å². The molecule has 0 bridgehead atoms. The van der Waals surface area contributed by atoms with E-state index in [2.05, 4.69) is 5.32 Å². The van der Waals surface area contributed by atoms with Crippen LogP contribution in [-0.4, -0.2) is 27.5 Å². The van der Waals surface area contributed by atoms with Crippen molar-refractivity contribution in [3.63, 3.8) is 0 Å². The number of amides is 3. The third-order valence-electron chi connectivity index (χ3n) is 7.70. The van der Waals surface area contributed by atoms with E-state index < -0.39 is 40.6 Å². The lowest BCUT2D eigenvalue weighted by atomic mass is 9.83. The lowest BCUT2D eigenvalue weighted by molar-refractivity contribution is -0.122. The highest BCUT2D eigenvalue weighted by atomic mass is 35.5. The number of hydrogen-bond donors (Lipinski definition) is 1. The molecule has 5 aromatic rings. The molecule has 4 aromatic carbocycles. The van der Waals surface area contributed by atoms with Crippen LogP contribution in [0.5, 0.6) is 0 Å². The number of rotatable bonds is 5. The SMILES string of the molecule is O=C(Cn1c2c(sc1=O)C(c1ccc(Cl)cc1)C1C(=O)N(c3ccc(F)cc3)C(=O)C1S2)Nc1ccc2ccccc2c1. The van der Waals surface area contributed by atoms with Gasteiger partial charge in [-0.05, 0) is 64.9 Å². The maximum Gasteiger partial charge on any atom is 0.308 e. The van der Waals surface area contributed by atoms with Gasteiger partial charge in [0, 0.05) is 21.5 Å². The molecule has 0 radical (unpaired) electrons. The first kappa shape index (κ1) is 27.6. The number of fused-ring (bicyclic) bond motifs is 3. The molecule has 0 saturated carbocycles. The molecule has 7 nitrogen and oxygen atoms in total. The van der Waals surface area contributed by atoms with Crippen molar-refractivity contribution in [3.8, 4) is 0 Å². The molecule has 2 aliphatic rings. The highest BCUT2D eigenvalue weighted by Gasteiger charge is 2.56. The Morgan fingerprint density at radius 2 is 1.60 bits per heavy atom. The molecule has 1 saturated heterocycles. The largest absolute Gasteiger partial charge is 0.325 e. The average Bonchev–Trinajstić information content (AvgIpc) is 3.44. The highest BCUT2D eigenvalue weighted by Crippen LogP contribution is 2.54. The zero-order valence-corrected chi connectivity index (χ0v) is 24.6. The Bertz CT molecular complexity index is 1990. The van der Waals surface area contributed by atoms with Crippen LogP contribution in [0.4, 0.5) is 15.8 Å². The summed E-state index contributed by atoms with van der Waals surface area (Å²) in [5, 5.41) is 5.00. The van der Waals surface area contributed by atoms with Gasteiger partial charge in [0.2, 0.25) is 17.7 Å². The van der Waals surface area contributed by atoms with E-state index in [1.165, 1.54) is 28.8 Å². The summed E-state index contributed by atoms with van der Waals surface area (Å²) in [5.41, 5.74) is 1.59. The zero-order chi connectivity index (χ0) is 29.8. The van der Waals surface area contributed by atoms with Gasteiger partial charge in [0.25, 0.3) is 0 Å². The van der Waals surface area contributed by atoms with Crippen molar-refractivity contribution >= 4 is 74.6 Å². The van der Waals surface area contributed by atoms with Crippen LogP contribution in [0.25, 0.3) is 10.8 Å². The predicted octanol–water partition coefficient (Wildman–Crippen LogP) is 6.29. The third-order valence-corrected chi connectivity index (χ3v) is 10.6. The topological polar surface area (TPSA) is 88.5 Å². The molecule has 0 spiro atoms. The van der Waals surface area contributed by atoms with Crippen molar-refractivity contribution in [2.75, 3.05) is 10.2 Å². The zero-order valence-electron chi connectivity index (χ0n) is 22.2. The van der Waals surface area contributed by atoms with E-state index in [4.69, 9.17) is 11.6 Å². The van der Waals surface area contributed by atoms with E-state index in [9.17, 15) is 23.6 Å². The quantitative estimate of drug-likeness (QED) is 0.231. The van der Waals surface area contributed by atoms with Crippen LogP contribution in [0.1, 0.15) is 16.4 Å². The summed E-state index contributed by atoms with van der Waals surface area (Å²) in [6.45, 7) is -0.265. The summed E-state index contributed by atoms with van der Waals surface area (Å²) in [5.74, 6) is -3.20. The molecule has 3 unspecified atom stereocenters. The number of anilines is 2. The number of nitrogens with one attached hydrogen (secondary N) is 1. The van der Waals surface area contributed by atoms with Crippen molar-refractivity contribution in [1.82, 2.24) is 4.57 Å². The number of thioether (sulfide) groups is 1. The van der Waals surface area contributed by atoms with Crippen LogP contribution < -0.4 is 15.1 Å². The van der Waals surface area contributed by atoms with Gasteiger partial charge in [0.05, 0.1) is 16.6 Å². The molecule has 3 amide bonds. The summed E-state index contributed by atoms with van der Waals surface area (Å²) in [6, 6.07) is 25.5. The summed E-state index contributed by atoms with van der Waals surface area (Å²) in [4.78, 5) is 55.6. The van der Waals surface area contributed by atoms with Crippen LogP contribution in [0.15, 0.2) is 101 Å². The first-order valence-corrected chi connectivity index (χ1v) is 15.4. The fraction of sp³-hybridized carbons (Fsp3) is 0.125. The van der Waals surface area contributed by atoms with Crippen LogP contribution in [0.3, 0.4) is 0 Å². The molecule has 214 valence electrons. The standard InChI is InChI=1S/C32H21ClFN3O4S2/c33-20-8-5-18(6-9-20)25-26-27(30(40)37(29(26)39)23-13-10-21(34)11-14-23)42-31-28(25)43-32(41)36(31)16-24(38)35-22-12-7-17-3-1-2-4-19(17)15-22/h1-15,25-27H,16H2,(H,35,38). The summed E-state index contributed by atoms with van der Waals surface area (Å²) >= 11 is 8.24.